The molecule has 0 heterocycles. The van der Waals surface area contributed by atoms with Gasteiger partial charge < -0.3 is 10.4 Å². The van der Waals surface area contributed by atoms with E-state index < -0.39 is 5.97 Å². The molecule has 23 heavy (non-hydrogen) atoms. The van der Waals surface area contributed by atoms with Gasteiger partial charge in [-0.05, 0) is 48.6 Å². The van der Waals surface area contributed by atoms with Gasteiger partial charge in [-0.25, -0.2) is 4.39 Å². The summed E-state index contributed by atoms with van der Waals surface area (Å²) in [5.41, 5.74) is 3.10. The molecule has 0 aliphatic carbocycles. The van der Waals surface area contributed by atoms with Crippen LogP contribution in [0.15, 0.2) is 48.5 Å². The summed E-state index contributed by atoms with van der Waals surface area (Å²) in [6, 6.07) is 14.8. The summed E-state index contributed by atoms with van der Waals surface area (Å²) in [5, 5.41) is 12.3. The van der Waals surface area contributed by atoms with E-state index in [0.29, 0.717) is 13.0 Å². The molecule has 0 aliphatic heterocycles. The van der Waals surface area contributed by atoms with E-state index in [1.807, 2.05) is 37.3 Å². The van der Waals surface area contributed by atoms with Crippen molar-refractivity contribution in [1.82, 2.24) is 5.32 Å². The highest BCUT2D eigenvalue weighted by Crippen LogP contribution is 2.12. The standard InChI is InChI=1S/C19H22FNO2/c1-14-11-17(20)8-7-16(14)13-21-18(9-10-19(22)23)12-15-5-3-2-4-6-15/h2-8,11,18,21H,9-10,12-13H2,1H3,(H,22,23). The van der Waals surface area contributed by atoms with Crippen molar-refractivity contribution < 1.29 is 14.3 Å². The van der Waals surface area contributed by atoms with E-state index in [1.165, 1.54) is 17.7 Å². The molecule has 0 spiro atoms. The fourth-order valence-electron chi connectivity index (χ4n) is 2.58. The predicted octanol–water partition coefficient (Wildman–Crippen LogP) is 3.70. The Labute approximate surface area is 136 Å². The van der Waals surface area contributed by atoms with Crippen molar-refractivity contribution in [2.75, 3.05) is 0 Å². The fraction of sp³-hybridized carbons (Fsp3) is 0.316. The minimum Gasteiger partial charge on any atom is -0.481 e. The van der Waals surface area contributed by atoms with Crippen LogP contribution in [0.3, 0.4) is 0 Å². The minimum atomic E-state index is -0.789. The quantitative estimate of drug-likeness (QED) is 0.781. The van der Waals surface area contributed by atoms with Gasteiger partial charge in [-0.15, -0.1) is 0 Å². The van der Waals surface area contributed by atoms with Crippen molar-refractivity contribution >= 4 is 5.97 Å². The van der Waals surface area contributed by atoms with Gasteiger partial charge >= 0.3 is 5.97 Å². The summed E-state index contributed by atoms with van der Waals surface area (Å²) >= 11 is 0. The van der Waals surface area contributed by atoms with E-state index in [9.17, 15) is 9.18 Å². The Bertz CT molecular complexity index is 643. The van der Waals surface area contributed by atoms with Crippen LogP contribution in [-0.2, 0) is 17.8 Å². The normalized spacial score (nSPS) is 12.1. The lowest BCUT2D eigenvalue weighted by Gasteiger charge is -2.19. The minimum absolute atomic E-state index is 0.0675. The van der Waals surface area contributed by atoms with Gasteiger partial charge in [-0.2, -0.15) is 0 Å². The molecule has 0 fully saturated rings. The molecule has 1 atom stereocenters. The number of benzene rings is 2. The molecule has 0 saturated heterocycles. The molecule has 2 aromatic carbocycles. The van der Waals surface area contributed by atoms with E-state index in [2.05, 4.69) is 5.32 Å². The van der Waals surface area contributed by atoms with Crippen LogP contribution in [-0.4, -0.2) is 17.1 Å². The van der Waals surface area contributed by atoms with Gasteiger partial charge in [0.15, 0.2) is 0 Å². The molecule has 0 saturated carbocycles. The molecule has 0 radical (unpaired) electrons. The molecule has 0 bridgehead atoms. The summed E-state index contributed by atoms with van der Waals surface area (Å²) in [6.07, 6.45) is 1.46. The number of nitrogens with one attached hydrogen (secondary N) is 1. The highest BCUT2D eigenvalue weighted by atomic mass is 19.1. The lowest BCUT2D eigenvalue weighted by Crippen LogP contribution is -2.31. The molecule has 3 nitrogen and oxygen atoms in total. The Hall–Kier alpha value is -2.20. The number of hydrogen-bond donors (Lipinski definition) is 2. The number of aliphatic carboxylic acids is 1. The number of carbonyl (C=O) groups is 1. The van der Waals surface area contributed by atoms with Crippen molar-refractivity contribution in [2.24, 2.45) is 0 Å². The summed E-state index contributed by atoms with van der Waals surface area (Å²) in [7, 11) is 0. The molecule has 4 heteroatoms. The highest BCUT2D eigenvalue weighted by molar-refractivity contribution is 5.66. The maximum absolute atomic E-state index is 13.2. The van der Waals surface area contributed by atoms with Crippen LogP contribution in [0, 0.1) is 12.7 Å². The third kappa shape index (κ3) is 5.83. The smallest absolute Gasteiger partial charge is 0.303 e. The number of carboxylic acid groups (broad SMARTS) is 1. The first-order valence-electron chi connectivity index (χ1n) is 7.78. The van der Waals surface area contributed by atoms with E-state index in [-0.39, 0.29) is 18.3 Å². The van der Waals surface area contributed by atoms with Crippen LogP contribution >= 0.6 is 0 Å². The largest absolute Gasteiger partial charge is 0.481 e. The van der Waals surface area contributed by atoms with E-state index in [1.54, 1.807) is 6.07 Å². The van der Waals surface area contributed by atoms with Crippen LogP contribution in [0.2, 0.25) is 0 Å². The Kier molecular flexibility index (Phi) is 6.29. The van der Waals surface area contributed by atoms with Gasteiger partial charge in [0.05, 0.1) is 0 Å². The van der Waals surface area contributed by atoms with E-state index in [0.717, 1.165) is 17.5 Å². The number of aryl methyl sites for hydroxylation is 1. The molecular formula is C19H22FNO2. The zero-order valence-electron chi connectivity index (χ0n) is 13.3. The molecule has 2 N–H and O–H groups in total. The second-order valence-electron chi connectivity index (χ2n) is 5.77. The van der Waals surface area contributed by atoms with Crippen molar-refractivity contribution in [1.29, 1.82) is 0 Å². The second kappa shape index (κ2) is 8.44. The Balaban J connectivity index is 2.00. The summed E-state index contributed by atoms with van der Waals surface area (Å²) < 4.78 is 13.2. The maximum atomic E-state index is 13.2. The van der Waals surface area contributed by atoms with E-state index >= 15 is 0 Å². The number of halogens is 1. The van der Waals surface area contributed by atoms with Gasteiger partial charge in [0.1, 0.15) is 5.82 Å². The van der Waals surface area contributed by atoms with Crippen LogP contribution in [0.4, 0.5) is 4.39 Å². The van der Waals surface area contributed by atoms with Gasteiger partial charge in [0.2, 0.25) is 0 Å². The first-order valence-corrected chi connectivity index (χ1v) is 7.78. The third-order valence-electron chi connectivity index (χ3n) is 3.92. The topological polar surface area (TPSA) is 49.3 Å². The van der Waals surface area contributed by atoms with Crippen molar-refractivity contribution in [2.45, 2.75) is 38.8 Å². The van der Waals surface area contributed by atoms with Crippen LogP contribution in [0.1, 0.15) is 29.5 Å². The third-order valence-corrected chi connectivity index (χ3v) is 3.92. The molecule has 0 aliphatic rings. The molecule has 0 aromatic heterocycles. The predicted molar refractivity (Wildman–Crippen MR) is 88.8 cm³/mol. The first kappa shape index (κ1) is 17.2. The van der Waals surface area contributed by atoms with Crippen LogP contribution in [0.25, 0.3) is 0 Å². The summed E-state index contributed by atoms with van der Waals surface area (Å²) in [6.45, 7) is 2.48. The van der Waals surface area contributed by atoms with E-state index in [4.69, 9.17) is 5.11 Å². The SMILES string of the molecule is Cc1cc(F)ccc1CNC(CCC(=O)O)Cc1ccccc1. The summed E-state index contributed by atoms with van der Waals surface area (Å²) in [5.74, 6) is -1.03. The fourth-order valence-corrected chi connectivity index (χ4v) is 2.58. The van der Waals surface area contributed by atoms with Crippen LogP contribution in [0.5, 0.6) is 0 Å². The van der Waals surface area contributed by atoms with Crippen LogP contribution < -0.4 is 5.32 Å². The van der Waals surface area contributed by atoms with Gasteiger partial charge in [-0.1, -0.05) is 36.4 Å². The molecule has 2 rings (SSSR count). The van der Waals surface area contributed by atoms with Gasteiger partial charge in [0.25, 0.3) is 0 Å². The molecule has 0 amide bonds. The molecule has 1 unspecified atom stereocenters. The van der Waals surface area contributed by atoms with Crippen molar-refractivity contribution in [3.05, 3.63) is 71.0 Å². The number of rotatable bonds is 8. The molecule has 2 aromatic rings. The van der Waals surface area contributed by atoms with Gasteiger partial charge in [-0.3, -0.25) is 4.79 Å². The molecule has 122 valence electrons. The Morgan fingerprint density at radius 1 is 1.22 bits per heavy atom. The Morgan fingerprint density at radius 2 is 1.96 bits per heavy atom. The van der Waals surface area contributed by atoms with Gasteiger partial charge in [0, 0.05) is 19.0 Å². The van der Waals surface area contributed by atoms with Crippen molar-refractivity contribution in [3.8, 4) is 0 Å². The lowest BCUT2D eigenvalue weighted by molar-refractivity contribution is -0.137. The zero-order valence-corrected chi connectivity index (χ0v) is 13.3. The number of carboxylic acids is 1. The zero-order chi connectivity index (χ0) is 16.7. The number of hydrogen-bond acceptors (Lipinski definition) is 2. The first-order chi connectivity index (χ1) is 11.0. The average molecular weight is 315 g/mol. The highest BCUT2D eigenvalue weighted by Gasteiger charge is 2.12. The monoisotopic (exact) mass is 315 g/mol. The second-order valence-corrected chi connectivity index (χ2v) is 5.77. The average Bonchev–Trinajstić information content (AvgIpc) is 2.52. The molecular weight excluding hydrogens is 293 g/mol. The maximum Gasteiger partial charge on any atom is 0.303 e. The van der Waals surface area contributed by atoms with Crippen molar-refractivity contribution in [3.63, 3.8) is 0 Å². The summed E-state index contributed by atoms with van der Waals surface area (Å²) in [4.78, 5) is 10.9. The lowest BCUT2D eigenvalue weighted by atomic mass is 10.0. The Morgan fingerprint density at radius 3 is 2.61 bits per heavy atom.